The molecule has 0 aliphatic rings. The van der Waals surface area contributed by atoms with E-state index >= 15 is 0 Å². The summed E-state index contributed by atoms with van der Waals surface area (Å²) < 4.78 is 1.49. The van der Waals surface area contributed by atoms with Gasteiger partial charge in [-0.3, -0.25) is 9.69 Å². The van der Waals surface area contributed by atoms with Crippen LogP contribution in [0, 0.1) is 0 Å². The van der Waals surface area contributed by atoms with E-state index in [0.29, 0.717) is 6.42 Å². The molecule has 8 nitrogen and oxygen atoms in total. The summed E-state index contributed by atoms with van der Waals surface area (Å²) in [5.74, 6) is -0.163. The van der Waals surface area contributed by atoms with Crippen molar-refractivity contribution in [3.63, 3.8) is 0 Å². The number of rotatable bonds is 9. The zero-order chi connectivity index (χ0) is 21.5. The van der Waals surface area contributed by atoms with Crippen LogP contribution in [0.3, 0.4) is 0 Å². The monoisotopic (exact) mass is 433 g/mol. The molecular formula is C22H23N7OS. The van der Waals surface area contributed by atoms with E-state index in [9.17, 15) is 4.79 Å². The molecule has 31 heavy (non-hydrogen) atoms. The Bertz CT molecular complexity index is 1080. The number of nitrogens with zero attached hydrogens (tertiary/aromatic N) is 6. The van der Waals surface area contributed by atoms with Crippen molar-refractivity contribution in [1.29, 1.82) is 0 Å². The van der Waals surface area contributed by atoms with Crippen molar-refractivity contribution < 1.29 is 4.79 Å². The topological polar surface area (TPSA) is 88.8 Å². The first-order valence-corrected chi connectivity index (χ1v) is 10.8. The fourth-order valence-corrected chi connectivity index (χ4v) is 3.94. The number of carbonyl (C=O) groups is 1. The Morgan fingerprint density at radius 3 is 2.71 bits per heavy atom. The van der Waals surface area contributed by atoms with Crippen molar-refractivity contribution in [3.05, 3.63) is 88.6 Å². The highest BCUT2D eigenvalue weighted by Gasteiger charge is 2.22. The molecule has 0 saturated carbocycles. The lowest BCUT2D eigenvalue weighted by Gasteiger charge is -2.18. The van der Waals surface area contributed by atoms with E-state index in [1.807, 2.05) is 54.0 Å². The minimum Gasteiger partial charge on any atom is -0.324 e. The van der Waals surface area contributed by atoms with Gasteiger partial charge in [0.05, 0.1) is 11.2 Å². The number of benzene rings is 2. The van der Waals surface area contributed by atoms with Crippen LogP contribution in [0.15, 0.2) is 71.8 Å². The van der Waals surface area contributed by atoms with E-state index in [0.717, 1.165) is 35.6 Å². The largest absolute Gasteiger partial charge is 0.324 e. The molecule has 1 N–H and O–H groups in total. The van der Waals surface area contributed by atoms with Gasteiger partial charge in [-0.15, -0.1) is 16.4 Å². The lowest BCUT2D eigenvalue weighted by atomic mass is 10.1. The molecule has 4 aromatic rings. The third-order valence-electron chi connectivity index (χ3n) is 4.82. The normalized spacial score (nSPS) is 12.1. The second-order valence-corrected chi connectivity index (χ2v) is 8.06. The smallest absolute Gasteiger partial charge is 0.249 e. The van der Waals surface area contributed by atoms with E-state index in [2.05, 4.69) is 49.2 Å². The molecule has 0 aliphatic heterocycles. The standard InChI is InChI=1S/C22H23N7OS/c1-28(13-20-14-31-16-23-20)12-18-8-5-9-19(10-18)25-22(30)21(29-15-24-26-27-29)11-17-6-3-2-4-7-17/h2-10,14-16,21H,11-13H2,1H3,(H,25,30). The first-order valence-electron chi connectivity index (χ1n) is 9.89. The second kappa shape index (κ2) is 10.1. The van der Waals surface area contributed by atoms with Gasteiger partial charge >= 0.3 is 0 Å². The van der Waals surface area contributed by atoms with Gasteiger partial charge in [-0.05, 0) is 40.7 Å². The quantitative estimate of drug-likeness (QED) is 0.436. The summed E-state index contributed by atoms with van der Waals surface area (Å²) in [5.41, 5.74) is 5.79. The van der Waals surface area contributed by atoms with Crippen LogP contribution in [0.1, 0.15) is 22.9 Å². The van der Waals surface area contributed by atoms with Gasteiger partial charge in [0.2, 0.25) is 5.91 Å². The third kappa shape index (κ3) is 5.80. The highest BCUT2D eigenvalue weighted by molar-refractivity contribution is 7.07. The molecule has 1 unspecified atom stereocenters. The van der Waals surface area contributed by atoms with Gasteiger partial charge in [0.1, 0.15) is 12.4 Å². The van der Waals surface area contributed by atoms with Crippen LogP contribution in [0.25, 0.3) is 0 Å². The summed E-state index contributed by atoms with van der Waals surface area (Å²) in [6, 6.07) is 17.2. The summed E-state index contributed by atoms with van der Waals surface area (Å²) in [5, 5.41) is 16.4. The van der Waals surface area contributed by atoms with Crippen molar-refractivity contribution >= 4 is 22.9 Å². The highest BCUT2D eigenvalue weighted by Crippen LogP contribution is 2.18. The Kier molecular flexibility index (Phi) is 6.75. The van der Waals surface area contributed by atoms with Gasteiger partial charge in [-0.1, -0.05) is 42.5 Å². The number of aromatic nitrogens is 5. The molecule has 0 saturated heterocycles. The Labute approximate surface area is 184 Å². The zero-order valence-corrected chi connectivity index (χ0v) is 17.9. The summed E-state index contributed by atoms with van der Waals surface area (Å²) in [7, 11) is 2.05. The molecule has 2 heterocycles. The number of amides is 1. The van der Waals surface area contributed by atoms with Crippen LogP contribution in [0.2, 0.25) is 0 Å². The molecule has 0 aliphatic carbocycles. The summed E-state index contributed by atoms with van der Waals surface area (Å²) in [6.07, 6.45) is 1.96. The fourth-order valence-electron chi connectivity index (χ4n) is 3.39. The van der Waals surface area contributed by atoms with E-state index < -0.39 is 6.04 Å². The minimum atomic E-state index is -0.548. The maximum atomic E-state index is 13.1. The summed E-state index contributed by atoms with van der Waals surface area (Å²) in [6.45, 7) is 1.53. The van der Waals surface area contributed by atoms with Gasteiger partial charge in [0.15, 0.2) is 0 Å². The molecule has 158 valence electrons. The predicted molar refractivity (Wildman–Crippen MR) is 119 cm³/mol. The molecular weight excluding hydrogens is 410 g/mol. The minimum absolute atomic E-state index is 0.163. The molecule has 2 aromatic heterocycles. The maximum absolute atomic E-state index is 13.1. The Balaban J connectivity index is 1.44. The van der Waals surface area contributed by atoms with Gasteiger partial charge in [0, 0.05) is 30.6 Å². The van der Waals surface area contributed by atoms with Crippen molar-refractivity contribution in [2.45, 2.75) is 25.6 Å². The molecule has 1 amide bonds. The lowest BCUT2D eigenvalue weighted by Crippen LogP contribution is -2.28. The lowest BCUT2D eigenvalue weighted by molar-refractivity contribution is -0.119. The van der Waals surface area contributed by atoms with E-state index in [1.165, 1.54) is 11.0 Å². The maximum Gasteiger partial charge on any atom is 0.249 e. The number of carbonyl (C=O) groups excluding carboxylic acids is 1. The number of thiazole rings is 1. The van der Waals surface area contributed by atoms with Crippen LogP contribution < -0.4 is 5.32 Å². The Hall–Kier alpha value is -3.43. The highest BCUT2D eigenvalue weighted by atomic mass is 32.1. The Morgan fingerprint density at radius 2 is 1.97 bits per heavy atom. The number of nitrogens with one attached hydrogen (secondary N) is 1. The zero-order valence-electron chi connectivity index (χ0n) is 17.1. The average molecular weight is 434 g/mol. The van der Waals surface area contributed by atoms with Gasteiger partial charge in [0.25, 0.3) is 0 Å². The van der Waals surface area contributed by atoms with Crippen LogP contribution in [0.5, 0.6) is 0 Å². The number of hydrogen-bond acceptors (Lipinski definition) is 7. The van der Waals surface area contributed by atoms with Crippen molar-refractivity contribution in [2.24, 2.45) is 0 Å². The predicted octanol–water partition coefficient (Wildman–Crippen LogP) is 3.18. The van der Waals surface area contributed by atoms with E-state index in [-0.39, 0.29) is 5.91 Å². The van der Waals surface area contributed by atoms with E-state index in [4.69, 9.17) is 0 Å². The molecule has 9 heteroatoms. The molecule has 2 aromatic carbocycles. The number of anilines is 1. The molecule has 1 atom stereocenters. The van der Waals surface area contributed by atoms with Crippen molar-refractivity contribution in [3.8, 4) is 0 Å². The van der Waals surface area contributed by atoms with Crippen LogP contribution in [-0.4, -0.2) is 43.0 Å². The third-order valence-corrected chi connectivity index (χ3v) is 5.46. The Morgan fingerprint density at radius 1 is 1.13 bits per heavy atom. The number of tetrazole rings is 1. The SMILES string of the molecule is CN(Cc1cccc(NC(=O)C(Cc2ccccc2)n2cnnn2)c1)Cc1cscn1. The van der Waals surface area contributed by atoms with Crippen molar-refractivity contribution in [1.82, 2.24) is 30.1 Å². The first kappa shape index (κ1) is 20.8. The summed E-state index contributed by atoms with van der Waals surface area (Å²) >= 11 is 1.60. The molecule has 0 radical (unpaired) electrons. The van der Waals surface area contributed by atoms with Crippen LogP contribution in [0.4, 0.5) is 5.69 Å². The second-order valence-electron chi connectivity index (χ2n) is 7.34. The first-order chi connectivity index (χ1) is 15.2. The molecule has 4 rings (SSSR count). The molecule has 0 fully saturated rings. The van der Waals surface area contributed by atoms with Crippen LogP contribution >= 0.6 is 11.3 Å². The number of hydrogen-bond donors (Lipinski definition) is 1. The van der Waals surface area contributed by atoms with Gasteiger partial charge in [-0.25, -0.2) is 9.67 Å². The van der Waals surface area contributed by atoms with Gasteiger partial charge < -0.3 is 5.32 Å². The molecule has 0 spiro atoms. The van der Waals surface area contributed by atoms with Gasteiger partial charge in [-0.2, -0.15) is 0 Å². The molecule has 0 bridgehead atoms. The van der Waals surface area contributed by atoms with E-state index in [1.54, 1.807) is 11.3 Å². The van der Waals surface area contributed by atoms with Crippen molar-refractivity contribution in [2.75, 3.05) is 12.4 Å². The summed E-state index contributed by atoms with van der Waals surface area (Å²) in [4.78, 5) is 19.6. The average Bonchev–Trinajstić information content (AvgIpc) is 3.47. The fraction of sp³-hybridized carbons (Fsp3) is 0.227. The van der Waals surface area contributed by atoms with Crippen LogP contribution in [-0.2, 0) is 24.3 Å².